The molecule has 25 heavy (non-hydrogen) atoms. The molecule has 8 nitrogen and oxygen atoms in total. The number of carbonyl (C=O) groups is 2. The number of hydrogen-bond acceptors (Lipinski definition) is 5. The predicted molar refractivity (Wildman–Crippen MR) is 91.6 cm³/mol. The van der Waals surface area contributed by atoms with Gasteiger partial charge in [0.15, 0.2) is 0 Å². The molecule has 2 amide bonds. The summed E-state index contributed by atoms with van der Waals surface area (Å²) in [4.78, 5) is 31.5. The zero-order chi connectivity index (χ0) is 17.6. The van der Waals surface area contributed by atoms with Gasteiger partial charge in [-0.1, -0.05) is 11.6 Å². The molecular formula is C16H13ClN6O2. The number of amides is 2. The number of carbonyl (C=O) groups excluding carboxylic acids is 2. The Hall–Kier alpha value is -3.26. The molecular weight excluding hydrogens is 344 g/mol. The maximum absolute atomic E-state index is 11.9. The molecule has 3 rings (SSSR count). The topological polar surface area (TPSA) is 102 Å². The van der Waals surface area contributed by atoms with Gasteiger partial charge in [-0.2, -0.15) is 5.10 Å². The van der Waals surface area contributed by atoms with Gasteiger partial charge >= 0.3 is 0 Å². The number of anilines is 1. The van der Waals surface area contributed by atoms with Crippen molar-refractivity contribution in [2.45, 2.75) is 0 Å². The van der Waals surface area contributed by atoms with Crippen LogP contribution in [0.3, 0.4) is 0 Å². The van der Waals surface area contributed by atoms with Crippen LogP contribution in [0.2, 0.25) is 5.15 Å². The second kappa shape index (κ2) is 7.54. The summed E-state index contributed by atoms with van der Waals surface area (Å²) in [6.45, 7) is -0.163. The Kier molecular flexibility index (Phi) is 5.00. The number of nitrogens with zero attached hydrogens (tertiary/aromatic N) is 4. The minimum absolute atomic E-state index is 0.163. The fourth-order valence-corrected chi connectivity index (χ4v) is 2.22. The molecule has 1 aromatic carbocycles. The van der Waals surface area contributed by atoms with Gasteiger partial charge in [-0.3, -0.25) is 9.59 Å². The van der Waals surface area contributed by atoms with Gasteiger partial charge in [0.2, 0.25) is 5.91 Å². The first-order valence-electron chi connectivity index (χ1n) is 7.26. The van der Waals surface area contributed by atoms with E-state index in [9.17, 15) is 9.59 Å². The molecule has 0 fully saturated rings. The minimum atomic E-state index is -0.402. The Morgan fingerprint density at radius 1 is 1.16 bits per heavy atom. The largest absolute Gasteiger partial charge is 0.343 e. The SMILES string of the molecule is O=C(CNC(=O)c1ccnc(Cl)c1)Nc1ccc(-n2cncn2)cc1. The number of hydrogen-bond donors (Lipinski definition) is 2. The van der Waals surface area contributed by atoms with Gasteiger partial charge in [-0.25, -0.2) is 14.6 Å². The minimum Gasteiger partial charge on any atom is -0.343 e. The van der Waals surface area contributed by atoms with Crippen molar-refractivity contribution in [3.8, 4) is 5.69 Å². The van der Waals surface area contributed by atoms with Crippen LogP contribution in [0.4, 0.5) is 5.69 Å². The van der Waals surface area contributed by atoms with Crippen molar-refractivity contribution in [3.05, 3.63) is 66.0 Å². The average molecular weight is 357 g/mol. The highest BCUT2D eigenvalue weighted by atomic mass is 35.5. The summed E-state index contributed by atoms with van der Waals surface area (Å²) in [6, 6.07) is 10.0. The first-order chi connectivity index (χ1) is 12.1. The summed E-state index contributed by atoms with van der Waals surface area (Å²) >= 11 is 5.73. The molecule has 0 unspecified atom stereocenters. The standard InChI is InChI=1S/C16H13ClN6O2/c17-14-7-11(5-6-19-14)16(25)20-8-15(24)22-12-1-3-13(4-2-12)23-10-18-9-21-23/h1-7,9-10H,8H2,(H,20,25)(H,22,24). The van der Waals surface area contributed by atoms with Crippen LogP contribution < -0.4 is 10.6 Å². The molecule has 0 atom stereocenters. The fourth-order valence-electron chi connectivity index (χ4n) is 2.05. The smallest absolute Gasteiger partial charge is 0.251 e. The molecule has 0 bridgehead atoms. The molecule has 2 aromatic heterocycles. The van der Waals surface area contributed by atoms with Gasteiger partial charge in [0.05, 0.1) is 12.2 Å². The third kappa shape index (κ3) is 4.39. The lowest BCUT2D eigenvalue weighted by molar-refractivity contribution is -0.115. The Bertz CT molecular complexity index is 880. The van der Waals surface area contributed by atoms with Gasteiger partial charge in [0, 0.05) is 17.4 Å². The van der Waals surface area contributed by atoms with Crippen LogP contribution in [0.1, 0.15) is 10.4 Å². The van der Waals surface area contributed by atoms with Crippen molar-refractivity contribution in [3.63, 3.8) is 0 Å². The molecule has 2 N–H and O–H groups in total. The van der Waals surface area contributed by atoms with Gasteiger partial charge in [0.1, 0.15) is 17.8 Å². The van der Waals surface area contributed by atoms with Crippen LogP contribution in [0.25, 0.3) is 5.69 Å². The molecule has 0 saturated heterocycles. The lowest BCUT2D eigenvalue weighted by Crippen LogP contribution is -2.32. The maximum atomic E-state index is 11.9. The zero-order valence-corrected chi connectivity index (χ0v) is 13.6. The second-order valence-electron chi connectivity index (χ2n) is 4.99. The van der Waals surface area contributed by atoms with E-state index in [0.717, 1.165) is 5.69 Å². The van der Waals surface area contributed by atoms with Crippen molar-refractivity contribution in [2.75, 3.05) is 11.9 Å². The van der Waals surface area contributed by atoms with Crippen molar-refractivity contribution in [2.24, 2.45) is 0 Å². The van der Waals surface area contributed by atoms with Crippen molar-refractivity contribution in [1.29, 1.82) is 0 Å². The highest BCUT2D eigenvalue weighted by Crippen LogP contribution is 2.12. The van der Waals surface area contributed by atoms with E-state index in [2.05, 4.69) is 25.7 Å². The maximum Gasteiger partial charge on any atom is 0.251 e. The highest BCUT2D eigenvalue weighted by molar-refractivity contribution is 6.29. The molecule has 3 aromatic rings. The summed E-state index contributed by atoms with van der Waals surface area (Å²) in [5, 5.41) is 9.45. The van der Waals surface area contributed by atoms with E-state index in [1.807, 2.05) is 0 Å². The molecule has 2 heterocycles. The van der Waals surface area contributed by atoms with Gasteiger partial charge < -0.3 is 10.6 Å². The molecule has 0 aliphatic rings. The number of rotatable bonds is 5. The van der Waals surface area contributed by atoms with Crippen molar-refractivity contribution >= 4 is 29.1 Å². The van der Waals surface area contributed by atoms with E-state index in [-0.39, 0.29) is 17.6 Å². The van der Waals surface area contributed by atoms with E-state index in [1.165, 1.54) is 24.7 Å². The summed E-state index contributed by atoms with van der Waals surface area (Å²) in [5.41, 5.74) is 1.76. The van der Waals surface area contributed by atoms with Crippen LogP contribution in [0, 0.1) is 0 Å². The van der Waals surface area contributed by atoms with Gasteiger partial charge in [0.25, 0.3) is 5.91 Å². The molecule has 0 aliphatic heterocycles. The fraction of sp³-hybridized carbons (Fsp3) is 0.0625. The van der Waals surface area contributed by atoms with Crippen LogP contribution >= 0.6 is 11.6 Å². The molecule has 126 valence electrons. The third-order valence-electron chi connectivity index (χ3n) is 3.23. The van der Waals surface area contributed by atoms with Gasteiger partial charge in [-0.05, 0) is 36.4 Å². The van der Waals surface area contributed by atoms with E-state index >= 15 is 0 Å². The Balaban J connectivity index is 1.53. The molecule has 0 spiro atoms. The summed E-state index contributed by atoms with van der Waals surface area (Å²) < 4.78 is 1.60. The highest BCUT2D eigenvalue weighted by Gasteiger charge is 2.09. The average Bonchev–Trinajstić information content (AvgIpc) is 3.15. The Morgan fingerprint density at radius 2 is 1.96 bits per heavy atom. The van der Waals surface area contributed by atoms with E-state index in [0.29, 0.717) is 11.3 Å². The quantitative estimate of drug-likeness (QED) is 0.677. The zero-order valence-electron chi connectivity index (χ0n) is 12.9. The lowest BCUT2D eigenvalue weighted by atomic mass is 10.2. The molecule has 0 aliphatic carbocycles. The first-order valence-corrected chi connectivity index (χ1v) is 7.64. The monoisotopic (exact) mass is 356 g/mol. The van der Waals surface area contributed by atoms with Crippen LogP contribution in [-0.2, 0) is 4.79 Å². The molecule has 0 saturated carbocycles. The summed E-state index contributed by atoms with van der Waals surface area (Å²) in [6.07, 6.45) is 4.44. The van der Waals surface area contributed by atoms with E-state index < -0.39 is 5.91 Å². The molecule has 0 radical (unpaired) electrons. The van der Waals surface area contributed by atoms with E-state index in [4.69, 9.17) is 11.6 Å². The normalized spacial score (nSPS) is 10.3. The molecule has 9 heteroatoms. The Labute approximate surface area is 147 Å². The van der Waals surface area contributed by atoms with Crippen LogP contribution in [0.15, 0.2) is 55.2 Å². The van der Waals surface area contributed by atoms with E-state index in [1.54, 1.807) is 35.3 Å². The van der Waals surface area contributed by atoms with Crippen LogP contribution in [-0.4, -0.2) is 38.1 Å². The van der Waals surface area contributed by atoms with Crippen molar-refractivity contribution in [1.82, 2.24) is 25.1 Å². The number of halogens is 1. The summed E-state index contributed by atoms with van der Waals surface area (Å²) in [5.74, 6) is -0.747. The Morgan fingerprint density at radius 3 is 2.64 bits per heavy atom. The van der Waals surface area contributed by atoms with Crippen molar-refractivity contribution < 1.29 is 9.59 Å². The number of aromatic nitrogens is 4. The summed E-state index contributed by atoms with van der Waals surface area (Å²) in [7, 11) is 0. The first kappa shape index (κ1) is 16.6. The second-order valence-corrected chi connectivity index (χ2v) is 5.37. The number of benzene rings is 1. The third-order valence-corrected chi connectivity index (χ3v) is 3.44. The number of nitrogens with one attached hydrogen (secondary N) is 2. The lowest BCUT2D eigenvalue weighted by Gasteiger charge is -2.08. The number of pyridine rings is 1. The van der Waals surface area contributed by atoms with Gasteiger partial charge in [-0.15, -0.1) is 0 Å². The predicted octanol–water partition coefficient (Wildman–Crippen LogP) is 1.68. The van der Waals surface area contributed by atoms with Crippen LogP contribution in [0.5, 0.6) is 0 Å².